The third-order valence-electron chi connectivity index (χ3n) is 4.51. The first-order chi connectivity index (χ1) is 13.2. The Labute approximate surface area is 178 Å². The van der Waals surface area contributed by atoms with Crippen molar-refractivity contribution >= 4 is 5.69 Å². The molecule has 148 valence electrons. The van der Waals surface area contributed by atoms with Gasteiger partial charge in [0.25, 0.3) is 0 Å². The fourth-order valence-electron chi connectivity index (χ4n) is 3.12. The summed E-state index contributed by atoms with van der Waals surface area (Å²) in [5.41, 5.74) is 2.58. The average Bonchev–Trinajstić information content (AvgIpc) is 3.16. The standard InChI is InChI=1S/C22H18F2N3.Pt/c23-17-9-10-20(21(24)15-17)22-8-4-5-18(25-22)11-12-26-13-14-27(16-26)19-6-2-1-3-7-19;/h1-6,8-9,15-16H,11-14H2;/q-3;. The largest absolute Gasteiger partial charge is 0.528 e. The van der Waals surface area contributed by atoms with Crippen LogP contribution < -0.4 is 4.90 Å². The van der Waals surface area contributed by atoms with Crippen LogP contribution in [0, 0.1) is 30.4 Å². The Kier molecular flexibility index (Phi) is 6.92. The second-order valence-electron chi connectivity index (χ2n) is 6.40. The Morgan fingerprint density at radius 3 is 2.75 bits per heavy atom. The fourth-order valence-corrected chi connectivity index (χ4v) is 3.12. The van der Waals surface area contributed by atoms with Crippen LogP contribution in [0.5, 0.6) is 0 Å². The number of hydrogen-bond donors (Lipinski definition) is 0. The number of nitrogens with zero attached hydrogens (tertiary/aromatic N) is 3. The van der Waals surface area contributed by atoms with Gasteiger partial charge in [-0.3, -0.25) is 8.78 Å². The van der Waals surface area contributed by atoms with Crippen molar-refractivity contribution in [2.45, 2.75) is 6.42 Å². The van der Waals surface area contributed by atoms with Gasteiger partial charge in [-0.05, 0) is 37.8 Å². The second kappa shape index (κ2) is 9.40. The van der Waals surface area contributed by atoms with Crippen LogP contribution in [-0.4, -0.2) is 29.5 Å². The quantitative estimate of drug-likeness (QED) is 0.441. The van der Waals surface area contributed by atoms with Crippen molar-refractivity contribution in [3.05, 3.63) is 90.7 Å². The van der Waals surface area contributed by atoms with Crippen molar-refractivity contribution < 1.29 is 29.8 Å². The summed E-state index contributed by atoms with van der Waals surface area (Å²) in [6.45, 7) is 4.77. The van der Waals surface area contributed by atoms with Crippen LogP contribution in [0.15, 0.2) is 54.6 Å². The molecule has 6 heteroatoms. The molecule has 1 aliphatic rings. The van der Waals surface area contributed by atoms with Gasteiger partial charge >= 0.3 is 0 Å². The zero-order valence-electron chi connectivity index (χ0n) is 15.0. The Balaban J connectivity index is 0.00000225. The molecule has 4 rings (SSSR count). The van der Waals surface area contributed by atoms with E-state index in [9.17, 15) is 8.78 Å². The van der Waals surface area contributed by atoms with E-state index in [0.29, 0.717) is 5.69 Å². The minimum absolute atomic E-state index is 0. The van der Waals surface area contributed by atoms with E-state index in [0.717, 1.165) is 49.6 Å². The number of para-hydroxylation sites is 1. The molecule has 2 aromatic carbocycles. The first-order valence-electron chi connectivity index (χ1n) is 8.84. The van der Waals surface area contributed by atoms with Crippen LogP contribution in [0.4, 0.5) is 14.5 Å². The van der Waals surface area contributed by atoms with Gasteiger partial charge in [0.05, 0.1) is 0 Å². The maximum Gasteiger partial charge on any atom is 0.0408 e. The van der Waals surface area contributed by atoms with Crippen LogP contribution in [0.1, 0.15) is 5.69 Å². The Hall–Kier alpha value is -2.10. The normalized spacial score (nSPS) is 14.1. The van der Waals surface area contributed by atoms with Gasteiger partial charge in [0.1, 0.15) is 0 Å². The molecule has 1 fully saturated rings. The van der Waals surface area contributed by atoms with E-state index in [-0.39, 0.29) is 26.6 Å². The van der Waals surface area contributed by atoms with Crippen molar-refractivity contribution in [2.24, 2.45) is 0 Å². The molecule has 0 saturated carbocycles. The molecule has 1 aliphatic heterocycles. The number of hydrogen-bond acceptors (Lipinski definition) is 3. The second-order valence-corrected chi connectivity index (χ2v) is 6.40. The Bertz CT molecular complexity index is 921. The van der Waals surface area contributed by atoms with Crippen molar-refractivity contribution in [1.29, 1.82) is 0 Å². The van der Waals surface area contributed by atoms with Gasteiger partial charge in [-0.25, -0.2) is 0 Å². The maximum atomic E-state index is 14.0. The number of halogens is 2. The summed E-state index contributed by atoms with van der Waals surface area (Å²) in [7, 11) is 0. The Morgan fingerprint density at radius 1 is 1.07 bits per heavy atom. The number of pyridine rings is 1. The zero-order valence-corrected chi connectivity index (χ0v) is 17.3. The summed E-state index contributed by atoms with van der Waals surface area (Å²) in [6, 6.07) is 21.2. The van der Waals surface area contributed by atoms with Crippen LogP contribution in [0.2, 0.25) is 0 Å². The molecule has 0 radical (unpaired) electrons. The molecule has 1 saturated heterocycles. The van der Waals surface area contributed by atoms with Crippen LogP contribution in [-0.2, 0) is 27.5 Å². The maximum absolute atomic E-state index is 14.0. The van der Waals surface area contributed by atoms with Crippen molar-refractivity contribution in [3.8, 4) is 11.3 Å². The summed E-state index contributed by atoms with van der Waals surface area (Å²) in [6.07, 6.45) is 0.736. The van der Waals surface area contributed by atoms with Crippen molar-refractivity contribution in [3.63, 3.8) is 0 Å². The average molecular weight is 557 g/mol. The number of anilines is 1. The van der Waals surface area contributed by atoms with Gasteiger partial charge in [-0.1, -0.05) is 23.8 Å². The predicted molar refractivity (Wildman–Crippen MR) is 101 cm³/mol. The molecule has 1 aromatic heterocycles. The molecule has 0 aliphatic carbocycles. The van der Waals surface area contributed by atoms with Crippen LogP contribution >= 0.6 is 0 Å². The first kappa shape index (κ1) is 20.6. The molecule has 3 aromatic rings. The van der Waals surface area contributed by atoms with Crippen LogP contribution in [0.25, 0.3) is 11.3 Å². The predicted octanol–water partition coefficient (Wildman–Crippen LogP) is 4.11. The zero-order chi connectivity index (χ0) is 18.6. The molecule has 2 heterocycles. The van der Waals surface area contributed by atoms with Gasteiger partial charge in [-0.15, -0.1) is 17.8 Å². The summed E-state index contributed by atoms with van der Waals surface area (Å²) in [5.74, 6) is -1.29. The molecule has 0 amide bonds. The summed E-state index contributed by atoms with van der Waals surface area (Å²) >= 11 is 0. The van der Waals surface area contributed by atoms with Gasteiger partial charge < -0.3 is 14.8 Å². The van der Waals surface area contributed by atoms with Crippen molar-refractivity contribution in [2.75, 3.05) is 24.5 Å². The SMILES string of the molecule is Fc1c[c-]c(-c2cccc(CCN3[CH-]N(c4[c-]cccc4)CC3)n2)c(F)c1.[Pt]. The van der Waals surface area contributed by atoms with Gasteiger partial charge in [0.2, 0.25) is 0 Å². The minimum atomic E-state index is -0.651. The minimum Gasteiger partial charge on any atom is -0.528 e. The van der Waals surface area contributed by atoms with E-state index in [2.05, 4.69) is 33.6 Å². The van der Waals surface area contributed by atoms with E-state index >= 15 is 0 Å². The van der Waals surface area contributed by atoms with Gasteiger partial charge in [0.15, 0.2) is 0 Å². The van der Waals surface area contributed by atoms with E-state index in [1.807, 2.05) is 36.4 Å². The third-order valence-corrected chi connectivity index (χ3v) is 4.51. The summed E-state index contributed by atoms with van der Waals surface area (Å²) in [5, 5.41) is 0. The molecule has 3 nitrogen and oxygen atoms in total. The number of aromatic nitrogens is 1. The molecule has 28 heavy (non-hydrogen) atoms. The summed E-state index contributed by atoms with van der Waals surface area (Å²) in [4.78, 5) is 8.93. The molecule has 0 atom stereocenters. The summed E-state index contributed by atoms with van der Waals surface area (Å²) < 4.78 is 27.1. The monoisotopic (exact) mass is 557 g/mol. The van der Waals surface area contributed by atoms with E-state index in [1.54, 1.807) is 6.07 Å². The number of benzene rings is 2. The van der Waals surface area contributed by atoms with E-state index in [1.165, 1.54) is 0 Å². The number of rotatable bonds is 5. The first-order valence-corrected chi connectivity index (χ1v) is 8.84. The third kappa shape index (κ3) is 4.84. The molecule has 0 spiro atoms. The molecular formula is C22H18F2N3Pt-3. The molecule has 0 bridgehead atoms. The molecular weight excluding hydrogens is 539 g/mol. The molecule has 0 unspecified atom stereocenters. The van der Waals surface area contributed by atoms with E-state index in [4.69, 9.17) is 0 Å². The smallest absolute Gasteiger partial charge is 0.0408 e. The fraction of sp³-hybridized carbons (Fsp3) is 0.182. The topological polar surface area (TPSA) is 19.4 Å². The van der Waals surface area contributed by atoms with Gasteiger partial charge in [0, 0.05) is 38.4 Å². The Morgan fingerprint density at radius 2 is 1.96 bits per heavy atom. The van der Waals surface area contributed by atoms with E-state index < -0.39 is 11.6 Å². The molecule has 0 N–H and O–H groups in total. The van der Waals surface area contributed by atoms with Crippen molar-refractivity contribution in [1.82, 2.24) is 9.88 Å². The van der Waals surface area contributed by atoms with Crippen LogP contribution in [0.3, 0.4) is 0 Å². The van der Waals surface area contributed by atoms with Gasteiger partial charge in [-0.2, -0.15) is 37.0 Å².